The smallest absolute Gasteiger partial charge is 0.252 e. The second kappa shape index (κ2) is 8.18. The molecular weight excluding hydrogens is 351 g/mol. The van der Waals surface area contributed by atoms with E-state index in [2.05, 4.69) is 5.32 Å². The predicted octanol–water partition coefficient (Wildman–Crippen LogP) is 2.32. The molecule has 1 saturated heterocycles. The number of imide groups is 1. The highest BCUT2D eigenvalue weighted by Gasteiger charge is 2.40. The van der Waals surface area contributed by atoms with Crippen LogP contribution in [0, 0.1) is 5.82 Å². The van der Waals surface area contributed by atoms with Gasteiger partial charge in [0, 0.05) is 11.8 Å². The summed E-state index contributed by atoms with van der Waals surface area (Å²) in [6.45, 7) is 1.57. The van der Waals surface area contributed by atoms with Gasteiger partial charge in [0.15, 0.2) is 0 Å². The normalized spacial score (nSPS) is 17.9. The first-order chi connectivity index (χ1) is 13.0. The van der Waals surface area contributed by atoms with Crippen molar-refractivity contribution < 1.29 is 23.8 Å². The Kier molecular flexibility index (Phi) is 5.71. The van der Waals surface area contributed by atoms with Crippen LogP contribution >= 0.6 is 0 Å². The van der Waals surface area contributed by atoms with Crippen LogP contribution in [0.1, 0.15) is 18.9 Å². The van der Waals surface area contributed by atoms with Crippen molar-refractivity contribution in [3.05, 3.63) is 59.9 Å². The molecule has 2 aromatic rings. The SMILES string of the molecule is CC(CO)N1C(=O)CC(Nc2cccc(OCc3cccc(F)c3)c2)C1=O. The molecule has 142 valence electrons. The molecular formula is C20H21FN2O4. The molecule has 1 aliphatic heterocycles. The van der Waals surface area contributed by atoms with E-state index < -0.39 is 12.1 Å². The lowest BCUT2D eigenvalue weighted by Crippen LogP contribution is -2.42. The third-order valence-corrected chi connectivity index (χ3v) is 4.36. The van der Waals surface area contributed by atoms with Crippen LogP contribution in [-0.4, -0.2) is 40.5 Å². The van der Waals surface area contributed by atoms with Crippen LogP contribution in [0.4, 0.5) is 10.1 Å². The van der Waals surface area contributed by atoms with Gasteiger partial charge in [-0.05, 0) is 36.8 Å². The van der Waals surface area contributed by atoms with Crippen LogP contribution < -0.4 is 10.1 Å². The molecule has 7 heteroatoms. The summed E-state index contributed by atoms with van der Waals surface area (Å²) in [4.78, 5) is 25.6. The summed E-state index contributed by atoms with van der Waals surface area (Å²) in [5, 5.41) is 12.3. The van der Waals surface area contributed by atoms with Crippen molar-refractivity contribution in [1.29, 1.82) is 0 Å². The predicted molar refractivity (Wildman–Crippen MR) is 97.6 cm³/mol. The Balaban J connectivity index is 1.64. The lowest BCUT2D eigenvalue weighted by molar-refractivity contribution is -0.141. The van der Waals surface area contributed by atoms with Gasteiger partial charge in [0.2, 0.25) is 5.91 Å². The summed E-state index contributed by atoms with van der Waals surface area (Å²) in [5.41, 5.74) is 1.34. The van der Waals surface area contributed by atoms with Crippen molar-refractivity contribution in [3.8, 4) is 5.75 Å². The second-order valence-corrected chi connectivity index (χ2v) is 6.48. The Morgan fingerprint density at radius 2 is 2.04 bits per heavy atom. The number of halogens is 1. The fourth-order valence-corrected chi connectivity index (χ4v) is 2.98. The van der Waals surface area contributed by atoms with Gasteiger partial charge in [0.05, 0.1) is 19.1 Å². The highest BCUT2D eigenvalue weighted by atomic mass is 19.1. The van der Waals surface area contributed by atoms with Crippen molar-refractivity contribution in [3.63, 3.8) is 0 Å². The van der Waals surface area contributed by atoms with E-state index in [1.54, 1.807) is 43.3 Å². The fraction of sp³-hybridized carbons (Fsp3) is 0.300. The maximum Gasteiger partial charge on any atom is 0.252 e. The maximum absolute atomic E-state index is 13.2. The molecule has 0 bridgehead atoms. The topological polar surface area (TPSA) is 78.9 Å². The first-order valence-electron chi connectivity index (χ1n) is 8.68. The average molecular weight is 372 g/mol. The van der Waals surface area contributed by atoms with Gasteiger partial charge in [0.25, 0.3) is 5.91 Å². The van der Waals surface area contributed by atoms with E-state index in [0.717, 1.165) is 4.90 Å². The number of anilines is 1. The number of nitrogens with zero attached hydrogens (tertiary/aromatic N) is 1. The third kappa shape index (κ3) is 4.43. The minimum absolute atomic E-state index is 0.0392. The zero-order valence-corrected chi connectivity index (χ0v) is 14.9. The molecule has 1 fully saturated rings. The minimum atomic E-state index is -0.676. The number of ether oxygens (including phenoxy) is 1. The molecule has 0 aromatic heterocycles. The quantitative estimate of drug-likeness (QED) is 0.730. The van der Waals surface area contributed by atoms with E-state index in [4.69, 9.17) is 4.74 Å². The molecule has 0 saturated carbocycles. The van der Waals surface area contributed by atoms with Crippen molar-refractivity contribution in [1.82, 2.24) is 4.90 Å². The van der Waals surface area contributed by atoms with Gasteiger partial charge in [-0.15, -0.1) is 0 Å². The third-order valence-electron chi connectivity index (χ3n) is 4.36. The van der Waals surface area contributed by atoms with Gasteiger partial charge in [-0.1, -0.05) is 18.2 Å². The molecule has 1 heterocycles. The van der Waals surface area contributed by atoms with E-state index >= 15 is 0 Å². The zero-order chi connectivity index (χ0) is 19.4. The maximum atomic E-state index is 13.2. The van der Waals surface area contributed by atoms with Crippen molar-refractivity contribution >= 4 is 17.5 Å². The number of nitrogens with one attached hydrogen (secondary N) is 1. The summed E-state index contributed by atoms with van der Waals surface area (Å²) in [6.07, 6.45) is 0.0392. The molecule has 2 atom stereocenters. The van der Waals surface area contributed by atoms with E-state index in [9.17, 15) is 19.1 Å². The van der Waals surface area contributed by atoms with E-state index in [1.165, 1.54) is 12.1 Å². The summed E-state index contributed by atoms with van der Waals surface area (Å²) >= 11 is 0. The molecule has 1 aliphatic rings. The first kappa shape index (κ1) is 18.8. The number of likely N-dealkylation sites (tertiary alicyclic amines) is 1. The van der Waals surface area contributed by atoms with Crippen LogP contribution in [0.25, 0.3) is 0 Å². The molecule has 0 spiro atoms. The number of carbonyl (C=O) groups is 2. The molecule has 6 nitrogen and oxygen atoms in total. The molecule has 2 N–H and O–H groups in total. The number of hydrogen-bond donors (Lipinski definition) is 2. The Bertz CT molecular complexity index is 842. The lowest BCUT2D eigenvalue weighted by Gasteiger charge is -2.21. The largest absolute Gasteiger partial charge is 0.489 e. The Labute approximate surface area is 156 Å². The van der Waals surface area contributed by atoms with Crippen molar-refractivity contribution in [2.45, 2.75) is 32.0 Å². The Morgan fingerprint density at radius 3 is 2.78 bits per heavy atom. The summed E-state index contributed by atoms with van der Waals surface area (Å²) in [7, 11) is 0. The first-order valence-corrected chi connectivity index (χ1v) is 8.68. The summed E-state index contributed by atoms with van der Waals surface area (Å²) in [6, 6.07) is 11.9. The molecule has 27 heavy (non-hydrogen) atoms. The van der Waals surface area contributed by atoms with Gasteiger partial charge >= 0.3 is 0 Å². The van der Waals surface area contributed by atoms with Gasteiger partial charge in [-0.2, -0.15) is 0 Å². The Hall–Kier alpha value is -2.93. The molecule has 2 aromatic carbocycles. The van der Waals surface area contributed by atoms with Crippen LogP contribution in [0.2, 0.25) is 0 Å². The highest BCUT2D eigenvalue weighted by molar-refractivity contribution is 6.07. The van der Waals surface area contributed by atoms with Crippen LogP contribution in [0.5, 0.6) is 5.75 Å². The number of hydrogen-bond acceptors (Lipinski definition) is 5. The molecule has 2 unspecified atom stereocenters. The Morgan fingerprint density at radius 1 is 1.26 bits per heavy atom. The van der Waals surface area contributed by atoms with Gasteiger partial charge < -0.3 is 15.2 Å². The fourth-order valence-electron chi connectivity index (χ4n) is 2.98. The molecule has 0 aliphatic carbocycles. The van der Waals surface area contributed by atoms with E-state index in [-0.39, 0.29) is 37.3 Å². The standard InChI is InChI=1S/C20H21FN2O4/c1-13(11-24)23-19(25)10-18(20(23)26)22-16-6-3-7-17(9-16)27-12-14-4-2-5-15(21)8-14/h2-9,13,18,22,24H,10-12H2,1H3. The van der Waals surface area contributed by atoms with Crippen LogP contribution in [-0.2, 0) is 16.2 Å². The second-order valence-electron chi connectivity index (χ2n) is 6.48. The summed E-state index contributed by atoms with van der Waals surface area (Å²) in [5.74, 6) is -0.426. The van der Waals surface area contributed by atoms with Gasteiger partial charge in [-0.25, -0.2) is 4.39 Å². The van der Waals surface area contributed by atoms with Crippen molar-refractivity contribution in [2.75, 3.05) is 11.9 Å². The zero-order valence-electron chi connectivity index (χ0n) is 14.9. The molecule has 2 amide bonds. The van der Waals surface area contributed by atoms with Crippen LogP contribution in [0.15, 0.2) is 48.5 Å². The van der Waals surface area contributed by atoms with Gasteiger partial charge in [-0.3, -0.25) is 14.5 Å². The number of benzene rings is 2. The summed E-state index contributed by atoms with van der Waals surface area (Å²) < 4.78 is 18.9. The van der Waals surface area contributed by atoms with E-state index in [1.807, 2.05) is 0 Å². The minimum Gasteiger partial charge on any atom is -0.489 e. The van der Waals surface area contributed by atoms with E-state index in [0.29, 0.717) is 17.0 Å². The van der Waals surface area contributed by atoms with Crippen LogP contribution in [0.3, 0.4) is 0 Å². The molecule has 0 radical (unpaired) electrons. The number of rotatable bonds is 7. The number of amides is 2. The number of aliphatic hydroxyl groups excluding tert-OH is 1. The van der Waals surface area contributed by atoms with Crippen molar-refractivity contribution in [2.24, 2.45) is 0 Å². The number of carbonyl (C=O) groups excluding carboxylic acids is 2. The highest BCUT2D eigenvalue weighted by Crippen LogP contribution is 2.23. The molecule has 3 rings (SSSR count). The van der Waals surface area contributed by atoms with Gasteiger partial charge in [0.1, 0.15) is 24.2 Å². The average Bonchev–Trinajstić information content (AvgIpc) is 2.93. The monoisotopic (exact) mass is 372 g/mol. The lowest BCUT2D eigenvalue weighted by atomic mass is 10.2. The number of aliphatic hydroxyl groups is 1.